The highest BCUT2D eigenvalue weighted by Gasteiger charge is 2.33. The van der Waals surface area contributed by atoms with Gasteiger partial charge in [0.05, 0.1) is 18.4 Å². The van der Waals surface area contributed by atoms with Gasteiger partial charge in [-0.2, -0.15) is 0 Å². The molecule has 3 rings (SSSR count). The molecule has 1 aliphatic heterocycles. The predicted molar refractivity (Wildman–Crippen MR) is 74.8 cm³/mol. The molecule has 1 atom stereocenters. The van der Waals surface area contributed by atoms with Crippen molar-refractivity contribution in [3.63, 3.8) is 0 Å². The first-order valence-corrected chi connectivity index (χ1v) is 6.64. The molecule has 1 unspecified atom stereocenters. The Balaban J connectivity index is 1.95. The van der Waals surface area contributed by atoms with Crippen LogP contribution in [0.4, 0.5) is 0 Å². The first-order chi connectivity index (χ1) is 10.1. The third-order valence-electron chi connectivity index (χ3n) is 3.82. The van der Waals surface area contributed by atoms with Gasteiger partial charge in [0.25, 0.3) is 5.91 Å². The highest BCUT2D eigenvalue weighted by molar-refractivity contribution is 5.93. The SMILES string of the molecule is Cn1cncc1C(=O)N1Cc2ccccc2C(C(=O)O)C1. The Bertz CT molecular complexity index is 708. The normalized spacial score (nSPS) is 17.4. The molecule has 0 saturated carbocycles. The van der Waals surface area contributed by atoms with Crippen molar-refractivity contribution in [2.75, 3.05) is 6.54 Å². The Morgan fingerprint density at radius 1 is 1.33 bits per heavy atom. The molecule has 2 heterocycles. The van der Waals surface area contributed by atoms with Crippen LogP contribution in [0.3, 0.4) is 0 Å². The average Bonchev–Trinajstić information content (AvgIpc) is 2.91. The summed E-state index contributed by atoms with van der Waals surface area (Å²) in [7, 11) is 1.74. The number of aromatic nitrogens is 2. The molecule has 0 fully saturated rings. The van der Waals surface area contributed by atoms with E-state index in [1.54, 1.807) is 22.8 Å². The standard InChI is InChI=1S/C15H15N3O3/c1-17-9-16-6-13(17)14(19)18-7-10-4-2-3-5-11(10)12(8-18)15(20)21/h2-6,9,12H,7-8H2,1H3,(H,20,21). The van der Waals surface area contributed by atoms with Gasteiger partial charge in [0.2, 0.25) is 0 Å². The summed E-state index contributed by atoms with van der Waals surface area (Å²) in [4.78, 5) is 29.5. The van der Waals surface area contributed by atoms with Gasteiger partial charge in [-0.3, -0.25) is 9.59 Å². The molecule has 1 aliphatic rings. The largest absolute Gasteiger partial charge is 0.481 e. The van der Waals surface area contributed by atoms with E-state index in [2.05, 4.69) is 4.98 Å². The van der Waals surface area contributed by atoms with E-state index >= 15 is 0 Å². The second-order valence-electron chi connectivity index (χ2n) is 5.17. The Morgan fingerprint density at radius 3 is 2.76 bits per heavy atom. The van der Waals surface area contributed by atoms with Crippen LogP contribution in [0.2, 0.25) is 0 Å². The molecule has 108 valence electrons. The van der Waals surface area contributed by atoms with Gasteiger partial charge in [-0.05, 0) is 11.1 Å². The second kappa shape index (κ2) is 5.05. The molecule has 21 heavy (non-hydrogen) atoms. The van der Waals surface area contributed by atoms with Crippen LogP contribution >= 0.6 is 0 Å². The highest BCUT2D eigenvalue weighted by Crippen LogP contribution is 2.29. The number of nitrogens with zero attached hydrogens (tertiary/aromatic N) is 3. The number of carboxylic acids is 1. The Hall–Kier alpha value is -2.63. The van der Waals surface area contributed by atoms with Gasteiger partial charge in [-0.15, -0.1) is 0 Å². The molecule has 1 amide bonds. The number of amides is 1. The van der Waals surface area contributed by atoms with E-state index in [0.29, 0.717) is 12.2 Å². The molecule has 0 saturated heterocycles. The van der Waals surface area contributed by atoms with E-state index in [4.69, 9.17) is 0 Å². The summed E-state index contributed by atoms with van der Waals surface area (Å²) in [6.07, 6.45) is 3.05. The molecule has 0 spiro atoms. The maximum Gasteiger partial charge on any atom is 0.312 e. The number of imidazole rings is 1. The summed E-state index contributed by atoms with van der Waals surface area (Å²) in [6, 6.07) is 7.37. The van der Waals surface area contributed by atoms with Gasteiger partial charge >= 0.3 is 5.97 Å². The van der Waals surface area contributed by atoms with Gasteiger partial charge in [0.15, 0.2) is 0 Å². The van der Waals surface area contributed by atoms with Gasteiger partial charge in [0.1, 0.15) is 5.69 Å². The molecule has 2 aromatic rings. The number of hydrogen-bond donors (Lipinski definition) is 1. The van der Waals surface area contributed by atoms with Crippen molar-refractivity contribution in [2.24, 2.45) is 7.05 Å². The summed E-state index contributed by atoms with van der Waals surface area (Å²) in [6.45, 7) is 0.598. The zero-order chi connectivity index (χ0) is 15.0. The fourth-order valence-electron chi connectivity index (χ4n) is 2.70. The summed E-state index contributed by atoms with van der Waals surface area (Å²) in [5.41, 5.74) is 2.13. The molecule has 6 heteroatoms. The van der Waals surface area contributed by atoms with Crippen molar-refractivity contribution in [1.29, 1.82) is 0 Å². The van der Waals surface area contributed by atoms with Crippen molar-refractivity contribution < 1.29 is 14.7 Å². The van der Waals surface area contributed by atoms with Crippen LogP contribution in [-0.4, -0.2) is 38.0 Å². The van der Waals surface area contributed by atoms with Gasteiger partial charge in [0, 0.05) is 20.1 Å². The zero-order valence-electron chi connectivity index (χ0n) is 11.6. The average molecular weight is 285 g/mol. The molecule has 1 aromatic heterocycles. The lowest BCUT2D eigenvalue weighted by Gasteiger charge is -2.32. The minimum absolute atomic E-state index is 0.177. The quantitative estimate of drug-likeness (QED) is 0.901. The Labute approximate surface area is 121 Å². The smallest absolute Gasteiger partial charge is 0.312 e. The number of aliphatic carboxylic acids is 1. The van der Waals surface area contributed by atoms with Crippen LogP contribution in [0, 0.1) is 0 Å². The van der Waals surface area contributed by atoms with E-state index < -0.39 is 11.9 Å². The maximum atomic E-state index is 12.5. The van der Waals surface area contributed by atoms with Crippen LogP contribution in [0.15, 0.2) is 36.8 Å². The summed E-state index contributed by atoms with van der Waals surface area (Å²) in [5.74, 6) is -1.80. The van der Waals surface area contributed by atoms with Gasteiger partial charge in [-0.25, -0.2) is 4.98 Å². The van der Waals surface area contributed by atoms with E-state index in [0.717, 1.165) is 11.1 Å². The summed E-state index contributed by atoms with van der Waals surface area (Å²) < 4.78 is 1.64. The number of aryl methyl sites for hydroxylation is 1. The molecule has 1 aromatic carbocycles. The predicted octanol–water partition coefficient (Wildman–Crippen LogP) is 1.24. The van der Waals surface area contributed by atoms with Crippen LogP contribution in [0.5, 0.6) is 0 Å². The molecule has 1 N–H and O–H groups in total. The number of carbonyl (C=O) groups excluding carboxylic acids is 1. The number of benzene rings is 1. The molecular formula is C15H15N3O3. The minimum Gasteiger partial charge on any atom is -0.481 e. The fraction of sp³-hybridized carbons (Fsp3) is 0.267. The second-order valence-corrected chi connectivity index (χ2v) is 5.17. The van der Waals surface area contributed by atoms with Crippen LogP contribution < -0.4 is 0 Å². The molecule has 0 bridgehead atoms. The van der Waals surface area contributed by atoms with Gasteiger partial charge in [-0.1, -0.05) is 24.3 Å². The molecule has 0 aliphatic carbocycles. The number of rotatable bonds is 2. The van der Waals surface area contributed by atoms with Crippen LogP contribution in [0.25, 0.3) is 0 Å². The van der Waals surface area contributed by atoms with E-state index in [-0.39, 0.29) is 12.5 Å². The van der Waals surface area contributed by atoms with E-state index in [9.17, 15) is 14.7 Å². The van der Waals surface area contributed by atoms with E-state index in [1.807, 2.05) is 24.3 Å². The maximum absolute atomic E-state index is 12.5. The lowest BCUT2D eigenvalue weighted by atomic mass is 9.89. The number of fused-ring (bicyclic) bond motifs is 1. The summed E-state index contributed by atoms with van der Waals surface area (Å²) in [5, 5.41) is 9.41. The summed E-state index contributed by atoms with van der Waals surface area (Å²) >= 11 is 0. The first kappa shape index (κ1) is 13.4. The van der Waals surface area contributed by atoms with Crippen molar-refractivity contribution in [3.8, 4) is 0 Å². The van der Waals surface area contributed by atoms with Gasteiger partial charge < -0.3 is 14.6 Å². The third-order valence-corrected chi connectivity index (χ3v) is 3.82. The lowest BCUT2D eigenvalue weighted by Crippen LogP contribution is -2.41. The molecule has 0 radical (unpaired) electrons. The van der Waals surface area contributed by atoms with Crippen molar-refractivity contribution >= 4 is 11.9 Å². The topological polar surface area (TPSA) is 75.4 Å². The fourth-order valence-corrected chi connectivity index (χ4v) is 2.70. The first-order valence-electron chi connectivity index (χ1n) is 6.64. The van der Waals surface area contributed by atoms with E-state index in [1.165, 1.54) is 6.20 Å². The highest BCUT2D eigenvalue weighted by atomic mass is 16.4. The number of carboxylic acid groups (broad SMARTS) is 1. The number of hydrogen-bond acceptors (Lipinski definition) is 3. The Morgan fingerprint density at radius 2 is 2.10 bits per heavy atom. The Kier molecular flexibility index (Phi) is 3.21. The number of carbonyl (C=O) groups is 2. The lowest BCUT2D eigenvalue weighted by molar-refractivity contribution is -0.139. The van der Waals surface area contributed by atoms with Crippen LogP contribution in [-0.2, 0) is 18.4 Å². The minimum atomic E-state index is -0.912. The van der Waals surface area contributed by atoms with Crippen molar-refractivity contribution in [1.82, 2.24) is 14.5 Å². The van der Waals surface area contributed by atoms with Crippen LogP contribution in [0.1, 0.15) is 27.5 Å². The molecule has 6 nitrogen and oxygen atoms in total. The zero-order valence-corrected chi connectivity index (χ0v) is 11.6. The van der Waals surface area contributed by atoms with Crippen molar-refractivity contribution in [2.45, 2.75) is 12.5 Å². The third kappa shape index (κ3) is 2.29. The van der Waals surface area contributed by atoms with Crippen molar-refractivity contribution in [3.05, 3.63) is 53.6 Å². The molecular weight excluding hydrogens is 270 g/mol. The monoisotopic (exact) mass is 285 g/mol.